The van der Waals surface area contributed by atoms with Gasteiger partial charge in [-0.3, -0.25) is 11.3 Å². The van der Waals surface area contributed by atoms with Crippen LogP contribution in [0, 0.1) is 10.5 Å². The first kappa shape index (κ1) is 16.3. The summed E-state index contributed by atoms with van der Waals surface area (Å²) in [5.41, 5.74) is 6.80. The third kappa shape index (κ3) is 4.18. The van der Waals surface area contributed by atoms with E-state index in [4.69, 9.17) is 10.6 Å². The molecule has 0 aliphatic rings. The van der Waals surface area contributed by atoms with Gasteiger partial charge in [0.05, 0.1) is 7.11 Å². The predicted octanol–water partition coefficient (Wildman–Crippen LogP) is 3.75. The molecular weight excluding hydrogens is 375 g/mol. The average Bonchev–Trinajstić information content (AvgIpc) is 2.52. The van der Waals surface area contributed by atoms with Gasteiger partial charge < -0.3 is 4.74 Å². The maximum Gasteiger partial charge on any atom is 0.118 e. The van der Waals surface area contributed by atoms with Crippen LogP contribution >= 0.6 is 22.6 Å². The summed E-state index contributed by atoms with van der Waals surface area (Å²) in [6.07, 6.45) is 1.94. The highest BCUT2D eigenvalue weighted by Crippen LogP contribution is 2.26. The number of hydrogen-bond acceptors (Lipinski definition) is 3. The molecule has 2 aromatic rings. The van der Waals surface area contributed by atoms with E-state index >= 15 is 0 Å². The van der Waals surface area contributed by atoms with Crippen LogP contribution in [-0.4, -0.2) is 7.11 Å². The number of nitrogens with one attached hydrogen (secondary N) is 1. The monoisotopic (exact) mass is 396 g/mol. The Balaban J connectivity index is 2.06. The number of ether oxygens (including phenoxy) is 1. The van der Waals surface area contributed by atoms with Gasteiger partial charge in [-0.1, -0.05) is 30.3 Å². The highest BCUT2D eigenvalue weighted by molar-refractivity contribution is 14.1. The number of benzene rings is 2. The van der Waals surface area contributed by atoms with Gasteiger partial charge >= 0.3 is 0 Å². The summed E-state index contributed by atoms with van der Waals surface area (Å²) in [6.45, 7) is 2.13. The molecule has 0 aliphatic heterocycles. The third-order valence-corrected chi connectivity index (χ3v) is 5.15. The van der Waals surface area contributed by atoms with Crippen molar-refractivity contribution in [3.63, 3.8) is 0 Å². The van der Waals surface area contributed by atoms with Gasteiger partial charge in [-0.2, -0.15) is 0 Å². The van der Waals surface area contributed by atoms with Crippen LogP contribution in [-0.2, 0) is 6.42 Å². The standard InChI is InChI=1S/C17H21IN2O/c1-12-4-3-5-15(17(12)18)16(20-19)11-8-13-6-9-14(21-2)10-7-13/h3-7,9-10,16,20H,8,11,19H2,1-2H3. The van der Waals surface area contributed by atoms with Crippen molar-refractivity contribution >= 4 is 22.6 Å². The fraction of sp³-hybridized carbons (Fsp3) is 0.294. The SMILES string of the molecule is COc1ccc(CCC(NN)c2cccc(C)c2I)cc1. The molecule has 0 heterocycles. The maximum atomic E-state index is 5.76. The summed E-state index contributed by atoms with van der Waals surface area (Å²) in [7, 11) is 1.68. The second kappa shape index (κ2) is 7.77. The first-order chi connectivity index (χ1) is 10.2. The molecule has 0 saturated carbocycles. The zero-order valence-corrected chi connectivity index (χ0v) is 14.6. The van der Waals surface area contributed by atoms with Crippen LogP contribution in [0.3, 0.4) is 0 Å². The van der Waals surface area contributed by atoms with E-state index in [0.717, 1.165) is 18.6 Å². The van der Waals surface area contributed by atoms with Crippen LogP contribution in [0.15, 0.2) is 42.5 Å². The van der Waals surface area contributed by atoms with Crippen LogP contribution in [0.1, 0.15) is 29.2 Å². The molecule has 0 aliphatic carbocycles. The summed E-state index contributed by atoms with van der Waals surface area (Å²) < 4.78 is 6.47. The molecule has 0 radical (unpaired) electrons. The van der Waals surface area contributed by atoms with Crippen LogP contribution in [0.4, 0.5) is 0 Å². The van der Waals surface area contributed by atoms with Gasteiger partial charge in [-0.05, 0) is 71.2 Å². The quantitative estimate of drug-likeness (QED) is 0.444. The van der Waals surface area contributed by atoms with Gasteiger partial charge in [0.1, 0.15) is 5.75 Å². The first-order valence-corrected chi connectivity index (χ1v) is 8.07. The number of aryl methyl sites for hydroxylation is 2. The molecule has 4 heteroatoms. The van der Waals surface area contributed by atoms with E-state index in [1.165, 1.54) is 20.3 Å². The number of halogens is 1. The Morgan fingerprint density at radius 2 is 1.90 bits per heavy atom. The zero-order chi connectivity index (χ0) is 15.2. The molecule has 0 spiro atoms. The lowest BCUT2D eigenvalue weighted by atomic mass is 9.98. The lowest BCUT2D eigenvalue weighted by Gasteiger charge is -2.19. The Bertz CT molecular complexity index is 584. The smallest absolute Gasteiger partial charge is 0.118 e. The van der Waals surface area contributed by atoms with Gasteiger partial charge in [0, 0.05) is 9.61 Å². The minimum atomic E-state index is 0.166. The van der Waals surface area contributed by atoms with Crippen molar-refractivity contribution in [3.8, 4) is 5.75 Å². The molecule has 2 aromatic carbocycles. The van der Waals surface area contributed by atoms with Crippen molar-refractivity contribution < 1.29 is 4.74 Å². The number of hydrogen-bond donors (Lipinski definition) is 2. The molecule has 3 N–H and O–H groups in total. The molecule has 0 aromatic heterocycles. The third-order valence-electron chi connectivity index (χ3n) is 3.68. The fourth-order valence-electron chi connectivity index (χ4n) is 2.37. The Morgan fingerprint density at radius 1 is 1.19 bits per heavy atom. The minimum absolute atomic E-state index is 0.166. The Hall–Kier alpha value is -1.11. The molecule has 0 fully saturated rings. The molecule has 2 rings (SSSR count). The summed E-state index contributed by atoms with van der Waals surface area (Å²) in [6, 6.07) is 14.7. The normalized spacial score (nSPS) is 12.2. The number of rotatable bonds is 6. The van der Waals surface area contributed by atoms with E-state index in [1.54, 1.807) is 7.11 Å². The second-order valence-corrected chi connectivity index (χ2v) is 6.16. The number of nitrogens with two attached hydrogens (primary N) is 1. The topological polar surface area (TPSA) is 47.3 Å². The first-order valence-electron chi connectivity index (χ1n) is 6.99. The van der Waals surface area contributed by atoms with E-state index in [-0.39, 0.29) is 6.04 Å². The van der Waals surface area contributed by atoms with Crippen LogP contribution < -0.4 is 16.0 Å². The Kier molecular flexibility index (Phi) is 6.02. The summed E-state index contributed by atoms with van der Waals surface area (Å²) in [5.74, 6) is 6.65. The van der Waals surface area contributed by atoms with Crippen LogP contribution in [0.25, 0.3) is 0 Å². The van der Waals surface area contributed by atoms with Crippen molar-refractivity contribution in [2.75, 3.05) is 7.11 Å². The second-order valence-electron chi connectivity index (χ2n) is 5.08. The van der Waals surface area contributed by atoms with E-state index in [9.17, 15) is 0 Å². The molecule has 1 unspecified atom stereocenters. The van der Waals surface area contributed by atoms with Gasteiger partial charge in [0.15, 0.2) is 0 Å². The maximum absolute atomic E-state index is 5.76. The van der Waals surface area contributed by atoms with Crippen molar-refractivity contribution in [3.05, 3.63) is 62.7 Å². The summed E-state index contributed by atoms with van der Waals surface area (Å²) in [4.78, 5) is 0. The summed E-state index contributed by atoms with van der Waals surface area (Å²) >= 11 is 2.40. The Morgan fingerprint density at radius 3 is 2.52 bits per heavy atom. The average molecular weight is 396 g/mol. The lowest BCUT2D eigenvalue weighted by molar-refractivity contribution is 0.414. The van der Waals surface area contributed by atoms with Crippen LogP contribution in [0.2, 0.25) is 0 Å². The van der Waals surface area contributed by atoms with Crippen molar-refractivity contribution in [2.45, 2.75) is 25.8 Å². The lowest BCUT2D eigenvalue weighted by Crippen LogP contribution is -2.29. The summed E-state index contributed by atoms with van der Waals surface area (Å²) in [5, 5.41) is 0. The van der Waals surface area contributed by atoms with Crippen molar-refractivity contribution in [2.24, 2.45) is 5.84 Å². The largest absolute Gasteiger partial charge is 0.497 e. The van der Waals surface area contributed by atoms with Crippen molar-refractivity contribution in [1.29, 1.82) is 0 Å². The van der Waals surface area contributed by atoms with Gasteiger partial charge in [-0.15, -0.1) is 0 Å². The Labute approximate surface area is 140 Å². The molecule has 21 heavy (non-hydrogen) atoms. The molecule has 0 saturated heterocycles. The molecule has 0 bridgehead atoms. The number of hydrazine groups is 1. The van der Waals surface area contributed by atoms with E-state index in [0.29, 0.717) is 0 Å². The molecule has 112 valence electrons. The van der Waals surface area contributed by atoms with Gasteiger partial charge in [0.2, 0.25) is 0 Å². The molecule has 3 nitrogen and oxygen atoms in total. The highest BCUT2D eigenvalue weighted by atomic mass is 127. The minimum Gasteiger partial charge on any atom is -0.497 e. The molecule has 0 amide bonds. The van der Waals surface area contributed by atoms with Crippen molar-refractivity contribution in [1.82, 2.24) is 5.43 Å². The van der Waals surface area contributed by atoms with Crippen LogP contribution in [0.5, 0.6) is 5.75 Å². The van der Waals surface area contributed by atoms with Gasteiger partial charge in [0.25, 0.3) is 0 Å². The molecule has 1 atom stereocenters. The number of methoxy groups -OCH3 is 1. The molecular formula is C17H21IN2O. The fourth-order valence-corrected chi connectivity index (χ4v) is 3.11. The zero-order valence-electron chi connectivity index (χ0n) is 12.4. The van der Waals surface area contributed by atoms with E-state index < -0.39 is 0 Å². The van der Waals surface area contributed by atoms with E-state index in [2.05, 4.69) is 65.3 Å². The van der Waals surface area contributed by atoms with Gasteiger partial charge in [-0.25, -0.2) is 0 Å². The predicted molar refractivity (Wildman–Crippen MR) is 95.3 cm³/mol. The highest BCUT2D eigenvalue weighted by Gasteiger charge is 2.14. The van der Waals surface area contributed by atoms with E-state index in [1.807, 2.05) is 12.1 Å².